The Balaban J connectivity index is 2.12. The Kier molecular flexibility index (Phi) is 7.57. The number of nitrogens with zero attached hydrogens (tertiary/aromatic N) is 1. The van der Waals surface area contributed by atoms with Crippen LogP contribution >= 0.6 is 0 Å². The second-order valence-electron chi connectivity index (χ2n) is 6.02. The van der Waals surface area contributed by atoms with Crippen molar-refractivity contribution < 1.29 is 23.8 Å². The molecule has 138 valence electrons. The molecule has 0 spiro atoms. The predicted octanol–water partition coefficient (Wildman–Crippen LogP) is 3.04. The van der Waals surface area contributed by atoms with Crippen molar-refractivity contribution in [2.45, 2.75) is 39.0 Å². The van der Waals surface area contributed by atoms with Crippen molar-refractivity contribution in [3.05, 3.63) is 23.8 Å². The molecule has 1 aromatic carbocycles. The van der Waals surface area contributed by atoms with Gasteiger partial charge in [0.25, 0.3) is 5.91 Å². The van der Waals surface area contributed by atoms with E-state index in [0.29, 0.717) is 23.7 Å². The summed E-state index contributed by atoms with van der Waals surface area (Å²) in [6.45, 7) is 3.69. The molecule has 6 heteroatoms. The van der Waals surface area contributed by atoms with E-state index in [1.165, 1.54) is 26.4 Å². The second kappa shape index (κ2) is 9.91. The highest BCUT2D eigenvalue weighted by atomic mass is 16.6. The molecule has 1 amide bonds. The maximum absolute atomic E-state index is 12.8. The minimum atomic E-state index is -0.469. The monoisotopic (exact) mass is 349 g/mol. The van der Waals surface area contributed by atoms with Crippen LogP contribution in [0.15, 0.2) is 18.2 Å². The fourth-order valence-corrected chi connectivity index (χ4v) is 2.86. The van der Waals surface area contributed by atoms with Crippen LogP contribution in [0.2, 0.25) is 0 Å². The third kappa shape index (κ3) is 5.66. The van der Waals surface area contributed by atoms with Crippen LogP contribution in [-0.4, -0.2) is 50.2 Å². The van der Waals surface area contributed by atoms with E-state index in [1.54, 1.807) is 18.2 Å². The number of hydrogen-bond acceptors (Lipinski definition) is 5. The number of amides is 1. The minimum absolute atomic E-state index is 0.0161. The molecule has 2 rings (SSSR count). The van der Waals surface area contributed by atoms with E-state index in [4.69, 9.17) is 9.47 Å². The van der Waals surface area contributed by atoms with Crippen molar-refractivity contribution >= 4 is 11.9 Å². The molecule has 1 aromatic rings. The summed E-state index contributed by atoms with van der Waals surface area (Å²) in [5.74, 6) is 0.436. The van der Waals surface area contributed by atoms with Crippen molar-refractivity contribution in [3.8, 4) is 11.5 Å². The minimum Gasteiger partial charge on any atom is -0.490 e. The van der Waals surface area contributed by atoms with Gasteiger partial charge in [0.2, 0.25) is 0 Å². The standard InChI is InChI=1S/C19H27NO5/c1-3-24-17-13-15(9-10-16(17)25-14-18(21)23-2)19(22)20-11-7-5-4-6-8-12-20/h9-10,13H,3-8,11-12,14H2,1-2H3. The van der Waals surface area contributed by atoms with Gasteiger partial charge in [-0.1, -0.05) is 19.3 Å². The molecule has 0 unspecified atom stereocenters. The van der Waals surface area contributed by atoms with Crippen LogP contribution in [0, 0.1) is 0 Å². The molecule has 0 atom stereocenters. The molecule has 0 N–H and O–H groups in total. The Hall–Kier alpha value is -2.24. The van der Waals surface area contributed by atoms with E-state index in [2.05, 4.69) is 4.74 Å². The number of benzene rings is 1. The lowest BCUT2D eigenvalue weighted by Gasteiger charge is -2.25. The van der Waals surface area contributed by atoms with E-state index < -0.39 is 5.97 Å². The van der Waals surface area contributed by atoms with Crippen LogP contribution < -0.4 is 9.47 Å². The number of carbonyl (C=O) groups excluding carboxylic acids is 2. The quantitative estimate of drug-likeness (QED) is 0.739. The maximum Gasteiger partial charge on any atom is 0.343 e. The summed E-state index contributed by atoms with van der Waals surface area (Å²) in [4.78, 5) is 26.0. The van der Waals surface area contributed by atoms with Gasteiger partial charge in [0.1, 0.15) is 0 Å². The summed E-state index contributed by atoms with van der Waals surface area (Å²) in [6, 6.07) is 5.08. The number of hydrogen-bond donors (Lipinski definition) is 0. The molecule has 0 saturated carbocycles. The van der Waals surface area contributed by atoms with Crippen molar-refractivity contribution in [2.24, 2.45) is 0 Å². The average molecular weight is 349 g/mol. The van der Waals surface area contributed by atoms with Crippen LogP contribution in [0.3, 0.4) is 0 Å². The van der Waals surface area contributed by atoms with Gasteiger partial charge in [-0.25, -0.2) is 4.79 Å². The summed E-state index contributed by atoms with van der Waals surface area (Å²) in [5.41, 5.74) is 0.578. The van der Waals surface area contributed by atoms with Gasteiger partial charge < -0.3 is 19.1 Å². The first-order valence-corrected chi connectivity index (χ1v) is 8.91. The van der Waals surface area contributed by atoms with Gasteiger partial charge >= 0.3 is 5.97 Å². The smallest absolute Gasteiger partial charge is 0.343 e. The van der Waals surface area contributed by atoms with Crippen molar-refractivity contribution in [1.82, 2.24) is 4.90 Å². The summed E-state index contributed by atoms with van der Waals surface area (Å²) < 4.78 is 15.6. The molecule has 1 aliphatic heterocycles. The number of likely N-dealkylation sites (tertiary alicyclic amines) is 1. The van der Waals surface area contributed by atoms with Crippen LogP contribution in [0.25, 0.3) is 0 Å². The first kappa shape index (κ1) is 19.1. The Morgan fingerprint density at radius 3 is 2.32 bits per heavy atom. The van der Waals surface area contributed by atoms with E-state index in [9.17, 15) is 9.59 Å². The Morgan fingerprint density at radius 2 is 1.68 bits per heavy atom. The molecular weight excluding hydrogens is 322 g/mol. The Morgan fingerprint density at radius 1 is 1.00 bits per heavy atom. The van der Waals surface area contributed by atoms with Crippen molar-refractivity contribution in [1.29, 1.82) is 0 Å². The average Bonchev–Trinajstić information content (AvgIpc) is 2.59. The summed E-state index contributed by atoms with van der Waals surface area (Å²) >= 11 is 0. The molecule has 1 heterocycles. The normalized spacial score (nSPS) is 15.0. The molecule has 0 radical (unpaired) electrons. The molecule has 25 heavy (non-hydrogen) atoms. The number of esters is 1. The van der Waals surface area contributed by atoms with Crippen LogP contribution in [-0.2, 0) is 9.53 Å². The maximum atomic E-state index is 12.8. The number of methoxy groups -OCH3 is 1. The van der Waals surface area contributed by atoms with Gasteiger partial charge in [-0.15, -0.1) is 0 Å². The van der Waals surface area contributed by atoms with E-state index in [1.807, 2.05) is 11.8 Å². The van der Waals surface area contributed by atoms with Gasteiger partial charge in [0, 0.05) is 18.7 Å². The highest BCUT2D eigenvalue weighted by molar-refractivity contribution is 5.95. The fourth-order valence-electron chi connectivity index (χ4n) is 2.86. The number of ether oxygens (including phenoxy) is 3. The predicted molar refractivity (Wildman–Crippen MR) is 94.1 cm³/mol. The van der Waals surface area contributed by atoms with E-state index in [-0.39, 0.29) is 12.5 Å². The molecular formula is C19H27NO5. The van der Waals surface area contributed by atoms with Crippen LogP contribution in [0.1, 0.15) is 49.4 Å². The third-order valence-corrected chi connectivity index (χ3v) is 4.21. The largest absolute Gasteiger partial charge is 0.490 e. The summed E-state index contributed by atoms with van der Waals surface area (Å²) in [6.07, 6.45) is 5.69. The zero-order valence-corrected chi connectivity index (χ0v) is 15.1. The molecule has 0 aromatic heterocycles. The van der Waals surface area contributed by atoms with E-state index >= 15 is 0 Å². The number of carbonyl (C=O) groups is 2. The fraction of sp³-hybridized carbons (Fsp3) is 0.579. The summed E-state index contributed by atoms with van der Waals surface area (Å²) in [5, 5.41) is 0. The summed E-state index contributed by atoms with van der Waals surface area (Å²) in [7, 11) is 1.31. The van der Waals surface area contributed by atoms with Gasteiger partial charge in [-0.2, -0.15) is 0 Å². The van der Waals surface area contributed by atoms with Gasteiger partial charge in [0.05, 0.1) is 13.7 Å². The lowest BCUT2D eigenvalue weighted by Crippen LogP contribution is -2.33. The van der Waals surface area contributed by atoms with Crippen LogP contribution in [0.4, 0.5) is 0 Å². The molecule has 0 aliphatic carbocycles. The first-order valence-electron chi connectivity index (χ1n) is 8.91. The zero-order valence-electron chi connectivity index (χ0n) is 15.1. The third-order valence-electron chi connectivity index (χ3n) is 4.21. The van der Waals surface area contributed by atoms with Gasteiger partial charge in [-0.3, -0.25) is 4.79 Å². The lowest BCUT2D eigenvalue weighted by atomic mass is 10.1. The molecule has 1 saturated heterocycles. The van der Waals surface area contributed by atoms with Crippen molar-refractivity contribution in [2.75, 3.05) is 33.4 Å². The first-order chi connectivity index (χ1) is 12.2. The highest BCUT2D eigenvalue weighted by Crippen LogP contribution is 2.29. The van der Waals surface area contributed by atoms with Crippen LogP contribution in [0.5, 0.6) is 11.5 Å². The second-order valence-corrected chi connectivity index (χ2v) is 6.02. The zero-order chi connectivity index (χ0) is 18.1. The lowest BCUT2D eigenvalue weighted by molar-refractivity contribution is -0.142. The number of rotatable bonds is 6. The van der Waals surface area contributed by atoms with Gasteiger partial charge in [0.15, 0.2) is 18.1 Å². The van der Waals surface area contributed by atoms with Crippen molar-refractivity contribution in [3.63, 3.8) is 0 Å². The topological polar surface area (TPSA) is 65.1 Å². The van der Waals surface area contributed by atoms with E-state index in [0.717, 1.165) is 25.9 Å². The molecule has 0 bridgehead atoms. The molecule has 6 nitrogen and oxygen atoms in total. The Labute approximate surface area is 149 Å². The SMILES string of the molecule is CCOc1cc(C(=O)N2CCCCCCC2)ccc1OCC(=O)OC. The highest BCUT2D eigenvalue weighted by Gasteiger charge is 2.19. The van der Waals surface area contributed by atoms with Gasteiger partial charge in [-0.05, 0) is 38.0 Å². The molecule has 1 aliphatic rings. The Bertz CT molecular complexity index is 579. The molecule has 1 fully saturated rings.